The molecule has 0 aliphatic carbocycles. The van der Waals surface area contributed by atoms with Gasteiger partial charge in [-0.2, -0.15) is 0 Å². The summed E-state index contributed by atoms with van der Waals surface area (Å²) in [5.41, 5.74) is 1.98. The maximum atomic E-state index is 12.6. The Morgan fingerprint density at radius 1 is 0.871 bits per heavy atom. The second-order valence-electron chi connectivity index (χ2n) is 7.25. The van der Waals surface area contributed by atoms with Crippen molar-refractivity contribution in [3.63, 3.8) is 0 Å². The van der Waals surface area contributed by atoms with Gasteiger partial charge in [0.15, 0.2) is 5.76 Å². The van der Waals surface area contributed by atoms with Gasteiger partial charge in [0, 0.05) is 6.92 Å². The summed E-state index contributed by atoms with van der Waals surface area (Å²) in [5.74, 6) is 0.789. The van der Waals surface area contributed by atoms with Gasteiger partial charge in [0.1, 0.15) is 18.1 Å². The molecule has 0 fully saturated rings. The third kappa shape index (κ3) is 4.93. The minimum Gasteiger partial charge on any atom is -0.486 e. The van der Waals surface area contributed by atoms with E-state index in [1.807, 2.05) is 55.5 Å². The van der Waals surface area contributed by atoms with E-state index in [0.29, 0.717) is 17.1 Å². The van der Waals surface area contributed by atoms with Crippen LogP contribution in [0.15, 0.2) is 77.2 Å². The van der Waals surface area contributed by atoms with Gasteiger partial charge in [0.25, 0.3) is 5.91 Å². The number of anilines is 2. The lowest BCUT2D eigenvalue weighted by molar-refractivity contribution is -0.114. The number of benzene rings is 3. The molecular weight excluding hydrogens is 392 g/mol. The lowest BCUT2D eigenvalue weighted by Gasteiger charge is -2.11. The average Bonchev–Trinajstić information content (AvgIpc) is 3.23. The van der Waals surface area contributed by atoms with Crippen LogP contribution in [0, 0.1) is 6.92 Å². The van der Waals surface area contributed by atoms with Crippen LogP contribution in [0.1, 0.15) is 28.8 Å². The first-order chi connectivity index (χ1) is 15.0. The number of ether oxygens (including phenoxy) is 1. The Bertz CT molecular complexity index is 1260. The van der Waals surface area contributed by atoms with Gasteiger partial charge in [0.2, 0.25) is 5.91 Å². The van der Waals surface area contributed by atoms with Crippen molar-refractivity contribution < 1.29 is 18.7 Å². The van der Waals surface area contributed by atoms with Gasteiger partial charge in [-0.15, -0.1) is 0 Å². The average molecular weight is 414 g/mol. The van der Waals surface area contributed by atoms with Crippen molar-refractivity contribution in [1.82, 2.24) is 0 Å². The number of rotatable bonds is 6. The van der Waals surface area contributed by atoms with Crippen LogP contribution >= 0.6 is 0 Å². The number of aryl methyl sites for hydroxylation is 1. The molecule has 0 atom stereocenters. The molecule has 0 aliphatic heterocycles. The quantitative estimate of drug-likeness (QED) is 0.435. The van der Waals surface area contributed by atoms with Gasteiger partial charge in [0.05, 0.1) is 11.4 Å². The predicted molar refractivity (Wildman–Crippen MR) is 120 cm³/mol. The van der Waals surface area contributed by atoms with Crippen molar-refractivity contribution in [2.24, 2.45) is 0 Å². The summed E-state index contributed by atoms with van der Waals surface area (Å²) in [5, 5.41) is 7.73. The summed E-state index contributed by atoms with van der Waals surface area (Å²) in [6.45, 7) is 3.52. The molecule has 0 bridgehead atoms. The van der Waals surface area contributed by atoms with E-state index < -0.39 is 5.91 Å². The van der Waals surface area contributed by atoms with E-state index in [4.69, 9.17) is 9.15 Å². The zero-order chi connectivity index (χ0) is 21.8. The highest BCUT2D eigenvalue weighted by atomic mass is 16.5. The van der Waals surface area contributed by atoms with Gasteiger partial charge in [-0.1, -0.05) is 36.4 Å². The molecular formula is C25H22N2O4. The van der Waals surface area contributed by atoms with Gasteiger partial charge in [-0.25, -0.2) is 0 Å². The van der Waals surface area contributed by atoms with Gasteiger partial charge in [-0.3, -0.25) is 9.59 Å². The SMILES string of the molecule is CC(=O)Nc1ccc(C)cc1NC(=O)c1ccc(COc2ccc3ccccc3c2)o1. The largest absolute Gasteiger partial charge is 0.486 e. The van der Waals surface area contributed by atoms with Gasteiger partial charge >= 0.3 is 0 Å². The van der Waals surface area contributed by atoms with E-state index >= 15 is 0 Å². The van der Waals surface area contributed by atoms with Crippen LogP contribution < -0.4 is 15.4 Å². The Morgan fingerprint density at radius 3 is 2.48 bits per heavy atom. The lowest BCUT2D eigenvalue weighted by Crippen LogP contribution is -2.14. The molecule has 0 radical (unpaired) electrons. The van der Waals surface area contributed by atoms with Crippen molar-refractivity contribution in [2.45, 2.75) is 20.5 Å². The second kappa shape index (κ2) is 8.75. The lowest BCUT2D eigenvalue weighted by atomic mass is 10.1. The Balaban J connectivity index is 1.43. The Labute approximate surface area is 179 Å². The maximum absolute atomic E-state index is 12.6. The van der Waals surface area contributed by atoms with Gasteiger partial charge < -0.3 is 19.8 Å². The molecule has 2 amide bonds. The second-order valence-corrected chi connectivity index (χ2v) is 7.25. The smallest absolute Gasteiger partial charge is 0.291 e. The van der Waals surface area contributed by atoms with Crippen molar-refractivity contribution >= 4 is 34.0 Å². The number of nitrogens with one attached hydrogen (secondary N) is 2. The monoisotopic (exact) mass is 414 g/mol. The number of hydrogen-bond donors (Lipinski definition) is 2. The molecule has 3 aromatic carbocycles. The van der Waals surface area contributed by atoms with E-state index in [2.05, 4.69) is 10.6 Å². The summed E-state index contributed by atoms with van der Waals surface area (Å²) >= 11 is 0. The van der Waals surface area contributed by atoms with Crippen molar-refractivity contribution in [3.05, 3.63) is 89.9 Å². The number of carbonyl (C=O) groups excluding carboxylic acids is 2. The predicted octanol–water partition coefficient (Wildman–Crippen LogP) is 5.53. The summed E-state index contributed by atoms with van der Waals surface area (Å²) in [6.07, 6.45) is 0. The van der Waals surface area contributed by atoms with Crippen LogP contribution in [0.4, 0.5) is 11.4 Å². The molecule has 0 saturated carbocycles. The molecule has 4 aromatic rings. The van der Waals surface area contributed by atoms with Crippen LogP contribution in [0.2, 0.25) is 0 Å². The summed E-state index contributed by atoms with van der Waals surface area (Å²) < 4.78 is 11.5. The molecule has 0 saturated heterocycles. The van der Waals surface area contributed by atoms with Crippen molar-refractivity contribution in [1.29, 1.82) is 0 Å². The first kappa shape index (κ1) is 20.2. The highest BCUT2D eigenvalue weighted by Crippen LogP contribution is 2.25. The maximum Gasteiger partial charge on any atom is 0.291 e. The normalized spacial score (nSPS) is 10.6. The molecule has 1 aromatic heterocycles. The van der Waals surface area contributed by atoms with Crippen molar-refractivity contribution in [2.75, 3.05) is 10.6 Å². The standard InChI is InChI=1S/C25H22N2O4/c1-16-7-11-22(26-17(2)28)23(13-16)27-25(29)24-12-10-21(31-24)15-30-20-9-8-18-5-3-4-6-19(18)14-20/h3-14H,15H2,1-2H3,(H,26,28)(H,27,29). The summed E-state index contributed by atoms with van der Waals surface area (Å²) in [4.78, 5) is 24.1. The fourth-order valence-corrected chi connectivity index (χ4v) is 3.23. The van der Waals surface area contributed by atoms with E-state index in [1.165, 1.54) is 6.92 Å². The number of carbonyl (C=O) groups is 2. The molecule has 31 heavy (non-hydrogen) atoms. The Kier molecular flexibility index (Phi) is 5.71. The van der Waals surface area contributed by atoms with Gasteiger partial charge in [-0.05, 0) is 59.7 Å². The third-order valence-corrected chi connectivity index (χ3v) is 4.72. The van der Waals surface area contributed by atoms with Crippen LogP contribution in [0.5, 0.6) is 5.75 Å². The Morgan fingerprint density at radius 2 is 1.68 bits per heavy atom. The summed E-state index contributed by atoms with van der Waals surface area (Å²) in [7, 11) is 0. The fourth-order valence-electron chi connectivity index (χ4n) is 3.23. The fraction of sp³-hybridized carbons (Fsp3) is 0.120. The molecule has 0 unspecified atom stereocenters. The van der Waals surface area contributed by atoms with E-state index in [1.54, 1.807) is 24.3 Å². The molecule has 6 nitrogen and oxygen atoms in total. The zero-order valence-corrected chi connectivity index (χ0v) is 17.3. The van der Waals surface area contributed by atoms with E-state index in [-0.39, 0.29) is 18.3 Å². The highest BCUT2D eigenvalue weighted by molar-refractivity contribution is 6.05. The number of furan rings is 1. The van der Waals surface area contributed by atoms with Crippen LogP contribution in [0.25, 0.3) is 10.8 Å². The molecule has 156 valence electrons. The van der Waals surface area contributed by atoms with E-state index in [0.717, 1.165) is 22.1 Å². The topological polar surface area (TPSA) is 80.6 Å². The molecule has 0 aliphatic rings. The van der Waals surface area contributed by atoms with Crippen molar-refractivity contribution in [3.8, 4) is 5.75 Å². The number of amides is 2. The number of fused-ring (bicyclic) bond motifs is 1. The first-order valence-corrected chi connectivity index (χ1v) is 9.88. The highest BCUT2D eigenvalue weighted by Gasteiger charge is 2.14. The molecule has 0 spiro atoms. The van der Waals surface area contributed by atoms with Crippen LogP contribution in [0.3, 0.4) is 0 Å². The molecule has 4 rings (SSSR count). The van der Waals surface area contributed by atoms with Crippen LogP contribution in [-0.2, 0) is 11.4 Å². The number of hydrogen-bond acceptors (Lipinski definition) is 4. The zero-order valence-electron chi connectivity index (χ0n) is 17.3. The minimum atomic E-state index is -0.408. The molecule has 2 N–H and O–H groups in total. The minimum absolute atomic E-state index is 0.160. The van der Waals surface area contributed by atoms with E-state index in [9.17, 15) is 9.59 Å². The summed E-state index contributed by atoms with van der Waals surface area (Å²) in [6, 6.07) is 22.6. The Hall–Kier alpha value is -4.06. The third-order valence-electron chi connectivity index (χ3n) is 4.72. The molecule has 1 heterocycles. The van der Waals surface area contributed by atoms with Crippen LogP contribution in [-0.4, -0.2) is 11.8 Å². The first-order valence-electron chi connectivity index (χ1n) is 9.88. The molecule has 6 heteroatoms.